The smallest absolute Gasteiger partial charge is 0.377 e. The van der Waals surface area contributed by atoms with Crippen LogP contribution in [0.4, 0.5) is 0 Å². The summed E-state index contributed by atoms with van der Waals surface area (Å²) in [4.78, 5) is 18.0. The van der Waals surface area contributed by atoms with Gasteiger partial charge in [0.1, 0.15) is 5.69 Å². The molecule has 2 aromatic rings. The number of carbonyl (C=O) groups is 1. The van der Waals surface area contributed by atoms with Gasteiger partial charge in [0.05, 0.1) is 0 Å². The van der Waals surface area contributed by atoms with Gasteiger partial charge in [0, 0.05) is 6.20 Å². The van der Waals surface area contributed by atoms with Gasteiger partial charge in [-0.05, 0) is 17.3 Å². The third-order valence-electron chi connectivity index (χ3n) is 1.50. The second kappa shape index (κ2) is 3.25. The molecule has 0 aliphatic heterocycles. The maximum Gasteiger partial charge on any atom is 0.377 e. The van der Waals surface area contributed by atoms with Crippen LogP contribution in [0.25, 0.3) is 11.6 Å². The average molecular weight is 191 g/mol. The molecule has 14 heavy (non-hydrogen) atoms. The molecule has 0 spiro atoms. The predicted molar refractivity (Wildman–Crippen MR) is 44.5 cm³/mol. The molecule has 6 heteroatoms. The number of hydrogen-bond acceptors (Lipinski definition) is 5. The number of hydrogen-bond donors (Lipinski definition) is 1. The summed E-state index contributed by atoms with van der Waals surface area (Å²) in [5.74, 6) is -1.50. The van der Waals surface area contributed by atoms with Crippen molar-refractivity contribution in [3.05, 3.63) is 30.2 Å². The van der Waals surface area contributed by atoms with Crippen molar-refractivity contribution in [2.24, 2.45) is 0 Å². The van der Waals surface area contributed by atoms with Crippen LogP contribution in [0.2, 0.25) is 0 Å². The Morgan fingerprint density at radius 1 is 1.43 bits per heavy atom. The van der Waals surface area contributed by atoms with Crippen LogP contribution in [0.5, 0.6) is 0 Å². The first-order chi connectivity index (χ1) is 6.77. The van der Waals surface area contributed by atoms with Crippen LogP contribution in [0.1, 0.15) is 10.6 Å². The fourth-order valence-electron chi connectivity index (χ4n) is 0.904. The van der Waals surface area contributed by atoms with E-state index in [1.54, 1.807) is 24.4 Å². The molecule has 0 aromatic carbocycles. The van der Waals surface area contributed by atoms with Gasteiger partial charge >= 0.3 is 5.97 Å². The van der Waals surface area contributed by atoms with E-state index in [0.29, 0.717) is 5.69 Å². The summed E-state index contributed by atoms with van der Waals surface area (Å²) in [6.07, 6.45) is 1.56. The number of pyridine rings is 1. The Labute approximate surface area is 78.2 Å². The molecule has 70 valence electrons. The average Bonchev–Trinajstić information content (AvgIpc) is 2.68. The van der Waals surface area contributed by atoms with Crippen molar-refractivity contribution < 1.29 is 14.4 Å². The lowest BCUT2D eigenvalue weighted by Gasteiger charge is -1.88. The number of aromatic nitrogens is 3. The third kappa shape index (κ3) is 1.45. The van der Waals surface area contributed by atoms with E-state index in [-0.39, 0.29) is 11.7 Å². The van der Waals surface area contributed by atoms with E-state index in [4.69, 9.17) is 9.63 Å². The largest absolute Gasteiger partial charge is 0.475 e. The zero-order valence-electron chi connectivity index (χ0n) is 6.91. The Balaban J connectivity index is 2.39. The molecule has 0 amide bonds. The molecule has 0 saturated carbocycles. The van der Waals surface area contributed by atoms with Gasteiger partial charge in [0.15, 0.2) is 0 Å². The first kappa shape index (κ1) is 8.36. The van der Waals surface area contributed by atoms with Crippen LogP contribution in [0, 0.1) is 0 Å². The highest BCUT2D eigenvalue weighted by Gasteiger charge is 2.14. The van der Waals surface area contributed by atoms with Gasteiger partial charge in [-0.1, -0.05) is 6.07 Å². The summed E-state index contributed by atoms with van der Waals surface area (Å²) >= 11 is 0. The first-order valence-electron chi connectivity index (χ1n) is 3.76. The van der Waals surface area contributed by atoms with E-state index in [1.807, 2.05) is 0 Å². The third-order valence-corrected chi connectivity index (χ3v) is 1.50. The Bertz CT molecular complexity index is 452. The SMILES string of the molecule is O=C(O)c1noc(-c2ccccn2)n1. The lowest BCUT2D eigenvalue weighted by molar-refractivity contribution is 0.0680. The number of carboxylic acids is 1. The predicted octanol–water partition coefficient (Wildman–Crippen LogP) is 0.830. The van der Waals surface area contributed by atoms with E-state index >= 15 is 0 Å². The molecule has 2 rings (SSSR count). The normalized spacial score (nSPS) is 10.0. The van der Waals surface area contributed by atoms with E-state index in [9.17, 15) is 4.79 Å². The number of carboxylic acid groups (broad SMARTS) is 1. The molecule has 2 aromatic heterocycles. The van der Waals surface area contributed by atoms with Gasteiger partial charge in [-0.2, -0.15) is 4.98 Å². The van der Waals surface area contributed by atoms with Crippen LogP contribution in [-0.2, 0) is 0 Å². The van der Waals surface area contributed by atoms with Crippen molar-refractivity contribution >= 4 is 5.97 Å². The zero-order chi connectivity index (χ0) is 9.97. The monoisotopic (exact) mass is 191 g/mol. The van der Waals surface area contributed by atoms with Gasteiger partial charge in [-0.25, -0.2) is 4.79 Å². The molecule has 0 fully saturated rings. The van der Waals surface area contributed by atoms with Crippen molar-refractivity contribution in [2.45, 2.75) is 0 Å². The van der Waals surface area contributed by atoms with Gasteiger partial charge in [0.25, 0.3) is 11.7 Å². The molecule has 0 radical (unpaired) electrons. The Kier molecular flexibility index (Phi) is 1.94. The second-order valence-electron chi connectivity index (χ2n) is 2.44. The van der Waals surface area contributed by atoms with Crippen LogP contribution >= 0.6 is 0 Å². The molecule has 6 nitrogen and oxygen atoms in total. The van der Waals surface area contributed by atoms with Crippen LogP contribution < -0.4 is 0 Å². The summed E-state index contributed by atoms with van der Waals surface area (Å²) in [5.41, 5.74) is 0.451. The Morgan fingerprint density at radius 2 is 2.29 bits per heavy atom. The number of aromatic carboxylic acids is 1. The lowest BCUT2D eigenvalue weighted by atomic mass is 10.3. The van der Waals surface area contributed by atoms with E-state index < -0.39 is 5.97 Å². The van der Waals surface area contributed by atoms with Gasteiger partial charge in [-0.15, -0.1) is 0 Å². The van der Waals surface area contributed by atoms with E-state index in [1.165, 1.54) is 0 Å². The maximum absolute atomic E-state index is 10.4. The van der Waals surface area contributed by atoms with E-state index in [2.05, 4.69) is 15.1 Å². The number of rotatable bonds is 2. The first-order valence-corrected chi connectivity index (χ1v) is 3.76. The molecule has 0 saturated heterocycles. The number of nitrogens with zero attached hydrogens (tertiary/aromatic N) is 3. The summed E-state index contributed by atoms with van der Waals surface area (Å²) in [6.45, 7) is 0. The molecular weight excluding hydrogens is 186 g/mol. The minimum atomic E-state index is -1.23. The quantitative estimate of drug-likeness (QED) is 0.756. The van der Waals surface area contributed by atoms with Gasteiger partial charge < -0.3 is 9.63 Å². The minimum Gasteiger partial charge on any atom is -0.475 e. The van der Waals surface area contributed by atoms with E-state index in [0.717, 1.165) is 0 Å². The fraction of sp³-hybridized carbons (Fsp3) is 0. The molecule has 0 bridgehead atoms. The Morgan fingerprint density at radius 3 is 2.86 bits per heavy atom. The van der Waals surface area contributed by atoms with Crippen LogP contribution in [-0.4, -0.2) is 26.2 Å². The molecule has 0 aliphatic carbocycles. The van der Waals surface area contributed by atoms with Crippen molar-refractivity contribution in [3.63, 3.8) is 0 Å². The van der Waals surface area contributed by atoms with Gasteiger partial charge in [0.2, 0.25) is 0 Å². The highest BCUT2D eigenvalue weighted by atomic mass is 16.5. The molecular formula is C8H5N3O3. The van der Waals surface area contributed by atoms with Crippen LogP contribution in [0.15, 0.2) is 28.9 Å². The molecule has 0 unspecified atom stereocenters. The molecule has 0 atom stereocenters. The van der Waals surface area contributed by atoms with Crippen molar-refractivity contribution in [1.29, 1.82) is 0 Å². The van der Waals surface area contributed by atoms with Crippen molar-refractivity contribution in [2.75, 3.05) is 0 Å². The molecule has 0 aliphatic rings. The summed E-state index contributed by atoms with van der Waals surface area (Å²) in [5, 5.41) is 11.8. The second-order valence-corrected chi connectivity index (χ2v) is 2.44. The summed E-state index contributed by atoms with van der Waals surface area (Å²) in [6, 6.07) is 5.13. The maximum atomic E-state index is 10.4. The zero-order valence-corrected chi connectivity index (χ0v) is 6.91. The summed E-state index contributed by atoms with van der Waals surface area (Å²) < 4.78 is 4.71. The minimum absolute atomic E-state index is 0.100. The highest BCUT2D eigenvalue weighted by molar-refractivity contribution is 5.83. The van der Waals surface area contributed by atoms with Crippen LogP contribution in [0.3, 0.4) is 0 Å². The Hall–Kier alpha value is -2.24. The highest BCUT2D eigenvalue weighted by Crippen LogP contribution is 2.12. The van der Waals surface area contributed by atoms with Crippen molar-refractivity contribution in [1.82, 2.24) is 15.1 Å². The molecule has 2 heterocycles. The fourth-order valence-corrected chi connectivity index (χ4v) is 0.904. The topological polar surface area (TPSA) is 89.1 Å². The van der Waals surface area contributed by atoms with Crippen molar-refractivity contribution in [3.8, 4) is 11.6 Å². The molecule has 1 N–H and O–H groups in total. The lowest BCUT2D eigenvalue weighted by Crippen LogP contribution is -1.98. The summed E-state index contributed by atoms with van der Waals surface area (Å²) in [7, 11) is 0. The standard InChI is InChI=1S/C8H5N3O3/c12-8(13)6-10-7(14-11-6)5-3-1-2-4-9-5/h1-4H,(H,12,13). The van der Waals surface area contributed by atoms with Gasteiger partial charge in [-0.3, -0.25) is 4.98 Å².